The summed E-state index contributed by atoms with van der Waals surface area (Å²) >= 11 is 0. The number of rotatable bonds is 2. The summed E-state index contributed by atoms with van der Waals surface area (Å²) in [5, 5.41) is 0. The van der Waals surface area contributed by atoms with Crippen molar-refractivity contribution in [3.63, 3.8) is 0 Å². The monoisotopic (exact) mass is 339 g/mol. The molecule has 130 valence electrons. The van der Waals surface area contributed by atoms with Gasteiger partial charge < -0.3 is 9.47 Å². The van der Waals surface area contributed by atoms with Gasteiger partial charge in [0.05, 0.1) is 0 Å². The molecule has 2 atom stereocenters. The van der Waals surface area contributed by atoms with Gasteiger partial charge in [0.1, 0.15) is 11.6 Å². The molecule has 0 aliphatic carbocycles. The molecule has 5 heteroatoms. The molecule has 1 heterocycles. The Balaban J connectivity index is 2.01. The summed E-state index contributed by atoms with van der Waals surface area (Å²) in [7, 11) is 0. The normalized spacial score (nSPS) is 20.3. The molecule has 5 nitrogen and oxygen atoms in total. The standard InChI is InChI=1S/C20H21NO4/c1-20(2,3)25-19(23)21-16(14-10-6-4-7-11-14)17(24-18(21)22)15-12-8-5-9-13-15/h4-13,16-17H,1-3H3/t16-,17+/m1/s1. The maximum absolute atomic E-state index is 12.6. The van der Waals surface area contributed by atoms with Gasteiger partial charge >= 0.3 is 12.2 Å². The molecule has 3 rings (SSSR count). The number of nitrogens with zero attached hydrogens (tertiary/aromatic N) is 1. The maximum atomic E-state index is 12.6. The average Bonchev–Trinajstić information content (AvgIpc) is 2.92. The Morgan fingerprint density at radius 1 is 0.960 bits per heavy atom. The number of amides is 2. The molecule has 1 aliphatic rings. The first-order chi connectivity index (χ1) is 11.9. The molecule has 0 bridgehead atoms. The second-order valence-electron chi connectivity index (χ2n) is 6.92. The Kier molecular flexibility index (Phi) is 4.49. The van der Waals surface area contributed by atoms with Crippen LogP contribution >= 0.6 is 0 Å². The van der Waals surface area contributed by atoms with Crippen LogP contribution in [0.25, 0.3) is 0 Å². The van der Waals surface area contributed by atoms with E-state index in [0.29, 0.717) is 0 Å². The highest BCUT2D eigenvalue weighted by molar-refractivity contribution is 5.90. The summed E-state index contributed by atoms with van der Waals surface area (Å²) in [6, 6.07) is 18.2. The molecule has 0 spiro atoms. The number of benzene rings is 2. The number of cyclic esters (lactones) is 1. The van der Waals surface area contributed by atoms with Crippen LogP contribution in [0.4, 0.5) is 9.59 Å². The van der Waals surface area contributed by atoms with Crippen molar-refractivity contribution in [3.8, 4) is 0 Å². The van der Waals surface area contributed by atoms with Gasteiger partial charge in [-0.25, -0.2) is 14.5 Å². The van der Waals surface area contributed by atoms with E-state index in [1.54, 1.807) is 20.8 Å². The summed E-state index contributed by atoms with van der Waals surface area (Å²) in [5.74, 6) is 0. The van der Waals surface area contributed by atoms with Crippen LogP contribution in [-0.2, 0) is 9.47 Å². The highest BCUT2D eigenvalue weighted by Crippen LogP contribution is 2.43. The lowest BCUT2D eigenvalue weighted by Crippen LogP contribution is -2.39. The zero-order chi connectivity index (χ0) is 18.0. The van der Waals surface area contributed by atoms with Crippen molar-refractivity contribution in [2.24, 2.45) is 0 Å². The molecule has 0 unspecified atom stereocenters. The summed E-state index contributed by atoms with van der Waals surface area (Å²) in [4.78, 5) is 26.2. The molecule has 2 aromatic carbocycles. The van der Waals surface area contributed by atoms with Crippen LogP contribution in [0.2, 0.25) is 0 Å². The van der Waals surface area contributed by atoms with Crippen molar-refractivity contribution < 1.29 is 19.1 Å². The zero-order valence-electron chi connectivity index (χ0n) is 14.5. The molecular weight excluding hydrogens is 318 g/mol. The van der Waals surface area contributed by atoms with Gasteiger partial charge in [-0.3, -0.25) is 0 Å². The molecule has 1 fully saturated rings. The van der Waals surface area contributed by atoms with Gasteiger partial charge in [0, 0.05) is 0 Å². The fraction of sp³-hybridized carbons (Fsp3) is 0.300. The van der Waals surface area contributed by atoms with Gasteiger partial charge in [0.2, 0.25) is 0 Å². The number of imide groups is 1. The van der Waals surface area contributed by atoms with Gasteiger partial charge in [-0.2, -0.15) is 0 Å². The van der Waals surface area contributed by atoms with Crippen molar-refractivity contribution in [2.75, 3.05) is 0 Å². The predicted molar refractivity (Wildman–Crippen MR) is 92.9 cm³/mol. The molecule has 0 saturated carbocycles. The topological polar surface area (TPSA) is 55.8 Å². The lowest BCUT2D eigenvalue weighted by Gasteiger charge is -2.27. The Labute approximate surface area is 147 Å². The van der Waals surface area contributed by atoms with Crippen molar-refractivity contribution in [1.29, 1.82) is 0 Å². The van der Waals surface area contributed by atoms with Crippen LogP contribution in [0.15, 0.2) is 60.7 Å². The van der Waals surface area contributed by atoms with Crippen molar-refractivity contribution in [3.05, 3.63) is 71.8 Å². The van der Waals surface area contributed by atoms with E-state index in [-0.39, 0.29) is 0 Å². The molecule has 1 saturated heterocycles. The van der Waals surface area contributed by atoms with Crippen LogP contribution in [-0.4, -0.2) is 22.7 Å². The second kappa shape index (κ2) is 6.59. The highest BCUT2D eigenvalue weighted by atomic mass is 16.6. The first kappa shape index (κ1) is 17.0. The van der Waals surface area contributed by atoms with Crippen LogP contribution in [0.5, 0.6) is 0 Å². The quantitative estimate of drug-likeness (QED) is 0.784. The van der Waals surface area contributed by atoms with Crippen LogP contribution < -0.4 is 0 Å². The van der Waals surface area contributed by atoms with Crippen molar-refractivity contribution in [2.45, 2.75) is 38.5 Å². The summed E-state index contributed by atoms with van der Waals surface area (Å²) in [6.07, 6.45) is -1.98. The maximum Gasteiger partial charge on any atom is 0.420 e. The van der Waals surface area contributed by atoms with E-state index < -0.39 is 29.9 Å². The molecule has 0 N–H and O–H groups in total. The minimum atomic E-state index is -0.705. The fourth-order valence-corrected chi connectivity index (χ4v) is 2.85. The number of hydrogen-bond donors (Lipinski definition) is 0. The molecular formula is C20H21NO4. The minimum Gasteiger partial charge on any atom is -0.443 e. The lowest BCUT2D eigenvalue weighted by atomic mass is 9.96. The summed E-state index contributed by atoms with van der Waals surface area (Å²) in [5.41, 5.74) is 0.938. The summed E-state index contributed by atoms with van der Waals surface area (Å²) in [6.45, 7) is 5.29. The van der Waals surface area contributed by atoms with Crippen molar-refractivity contribution in [1.82, 2.24) is 4.90 Å². The molecule has 0 aromatic heterocycles. The molecule has 0 radical (unpaired) electrons. The van der Waals surface area contributed by atoms with E-state index in [4.69, 9.17) is 9.47 Å². The fourth-order valence-electron chi connectivity index (χ4n) is 2.85. The van der Waals surface area contributed by atoms with E-state index in [2.05, 4.69) is 0 Å². The van der Waals surface area contributed by atoms with Crippen molar-refractivity contribution >= 4 is 12.2 Å². The van der Waals surface area contributed by atoms with Gasteiger partial charge in [-0.1, -0.05) is 60.7 Å². The summed E-state index contributed by atoms with van der Waals surface area (Å²) < 4.78 is 11.0. The smallest absolute Gasteiger partial charge is 0.420 e. The van der Waals surface area contributed by atoms with E-state index in [1.807, 2.05) is 60.7 Å². The minimum absolute atomic E-state index is 0.578. The SMILES string of the molecule is CC(C)(C)OC(=O)N1C(=O)O[C@@H](c2ccccc2)[C@H]1c1ccccc1. The number of hydrogen-bond acceptors (Lipinski definition) is 4. The van der Waals surface area contributed by atoms with Gasteiger partial charge in [0.15, 0.2) is 6.10 Å². The van der Waals surface area contributed by atoms with Crippen LogP contribution in [0, 0.1) is 0 Å². The predicted octanol–water partition coefficient (Wildman–Crippen LogP) is 4.86. The lowest BCUT2D eigenvalue weighted by molar-refractivity contribution is 0.0285. The van der Waals surface area contributed by atoms with E-state index in [9.17, 15) is 9.59 Å². The first-order valence-electron chi connectivity index (χ1n) is 8.19. The third-order valence-corrected chi connectivity index (χ3v) is 3.85. The highest BCUT2D eigenvalue weighted by Gasteiger charge is 2.48. The van der Waals surface area contributed by atoms with E-state index >= 15 is 0 Å². The Morgan fingerprint density at radius 3 is 2.00 bits per heavy atom. The van der Waals surface area contributed by atoms with Gasteiger partial charge in [-0.05, 0) is 31.9 Å². The second-order valence-corrected chi connectivity index (χ2v) is 6.92. The Morgan fingerprint density at radius 2 is 1.48 bits per heavy atom. The zero-order valence-corrected chi connectivity index (χ0v) is 14.5. The Bertz CT molecular complexity index is 752. The first-order valence-corrected chi connectivity index (χ1v) is 8.19. The number of carbonyl (C=O) groups excluding carboxylic acids is 2. The number of ether oxygens (including phenoxy) is 2. The van der Waals surface area contributed by atoms with Crippen LogP contribution in [0.1, 0.15) is 44.0 Å². The third-order valence-electron chi connectivity index (χ3n) is 3.85. The Hall–Kier alpha value is -2.82. The third kappa shape index (κ3) is 3.65. The molecule has 2 aromatic rings. The van der Waals surface area contributed by atoms with Gasteiger partial charge in [0.25, 0.3) is 0 Å². The van der Waals surface area contributed by atoms with E-state index in [1.165, 1.54) is 0 Å². The molecule has 25 heavy (non-hydrogen) atoms. The van der Waals surface area contributed by atoms with Gasteiger partial charge in [-0.15, -0.1) is 0 Å². The molecule has 2 amide bonds. The average molecular weight is 339 g/mol. The van der Waals surface area contributed by atoms with E-state index in [0.717, 1.165) is 16.0 Å². The number of carbonyl (C=O) groups is 2. The largest absolute Gasteiger partial charge is 0.443 e. The molecule has 1 aliphatic heterocycles. The van der Waals surface area contributed by atoms with Crippen LogP contribution in [0.3, 0.4) is 0 Å².